The normalized spacial score (nSPS) is 15.4. The van der Waals surface area contributed by atoms with Gasteiger partial charge in [-0.15, -0.1) is 26.4 Å². The zero-order valence-corrected chi connectivity index (χ0v) is 17.0. The van der Waals surface area contributed by atoms with Crippen LogP contribution in [0.1, 0.15) is 45.7 Å². The van der Waals surface area contributed by atoms with Gasteiger partial charge in [-0.1, -0.05) is 23.7 Å². The number of carbonyl (C=O) groups is 1. The molecule has 3 heterocycles. The fourth-order valence-corrected chi connectivity index (χ4v) is 4.68. The maximum atomic E-state index is 11.8. The van der Waals surface area contributed by atoms with Gasteiger partial charge in [0.25, 0.3) is 5.91 Å². The van der Waals surface area contributed by atoms with Crippen molar-refractivity contribution in [3.63, 3.8) is 0 Å². The third kappa shape index (κ3) is 2.98. The van der Waals surface area contributed by atoms with Gasteiger partial charge in [0.15, 0.2) is 5.82 Å². The topological polar surface area (TPSA) is 89.6 Å². The molecule has 1 aliphatic heterocycles. The van der Waals surface area contributed by atoms with Crippen LogP contribution >= 0.6 is 22.9 Å². The standard InChI is InChI=1S/C19H16ClN5O2S/c1-9-10(2)28-19-16(9)17(12-4-6-13(20)7-5-12)21-14(8-15(26)24-27)18-23-22-11(3)25(18)19/h4-7,14H,8H2,1-3H3/t14-/m0/s1. The lowest BCUT2D eigenvalue weighted by molar-refractivity contribution is -0.118. The van der Waals surface area contributed by atoms with Gasteiger partial charge in [-0.05, 0) is 38.5 Å². The molecule has 7 nitrogen and oxygen atoms in total. The summed E-state index contributed by atoms with van der Waals surface area (Å²) in [6.07, 6.45) is -0.161. The van der Waals surface area contributed by atoms with Crippen molar-refractivity contribution in [1.29, 1.82) is 0 Å². The van der Waals surface area contributed by atoms with Crippen molar-refractivity contribution < 1.29 is 4.79 Å². The van der Waals surface area contributed by atoms with Crippen molar-refractivity contribution >= 4 is 34.6 Å². The Morgan fingerprint density at radius 3 is 2.61 bits per heavy atom. The number of thiophene rings is 1. The first-order valence-electron chi connectivity index (χ1n) is 8.63. The summed E-state index contributed by atoms with van der Waals surface area (Å²) >= 11 is 7.68. The molecule has 0 saturated heterocycles. The van der Waals surface area contributed by atoms with Crippen LogP contribution in [0.3, 0.4) is 0 Å². The number of hydrogen-bond donors (Lipinski definition) is 0. The van der Waals surface area contributed by atoms with Crippen molar-refractivity contribution in [2.45, 2.75) is 33.2 Å². The summed E-state index contributed by atoms with van der Waals surface area (Å²) in [4.78, 5) is 28.6. The SMILES string of the molecule is Cc1sc2c(c1C)C(c1ccc(Cl)cc1)=N[C@@H](CC(=O)N=O)c1nnc(C)n1-2. The van der Waals surface area contributed by atoms with E-state index in [1.165, 1.54) is 0 Å². The molecule has 0 N–H and O–H groups in total. The summed E-state index contributed by atoms with van der Waals surface area (Å²) < 4.78 is 1.93. The van der Waals surface area contributed by atoms with Crippen LogP contribution in [0.2, 0.25) is 5.02 Å². The van der Waals surface area contributed by atoms with Crippen LogP contribution in [0.4, 0.5) is 0 Å². The Kier molecular flexibility index (Phi) is 4.68. The lowest BCUT2D eigenvalue weighted by Gasteiger charge is -2.10. The van der Waals surface area contributed by atoms with Gasteiger partial charge in [0.1, 0.15) is 16.9 Å². The Bertz CT molecular complexity index is 1130. The molecule has 0 radical (unpaired) electrons. The number of fused-ring (bicyclic) bond motifs is 3. The van der Waals surface area contributed by atoms with Crippen LogP contribution in [-0.2, 0) is 4.79 Å². The average Bonchev–Trinajstić information content (AvgIpc) is 3.15. The van der Waals surface area contributed by atoms with Crippen LogP contribution in [0.25, 0.3) is 5.00 Å². The minimum atomic E-state index is -0.769. The molecule has 0 bridgehead atoms. The highest BCUT2D eigenvalue weighted by atomic mass is 35.5. The minimum Gasteiger partial charge on any atom is -0.272 e. The van der Waals surface area contributed by atoms with E-state index in [0.29, 0.717) is 16.7 Å². The summed E-state index contributed by atoms with van der Waals surface area (Å²) in [5.74, 6) is 0.456. The Hall–Kier alpha value is -2.71. The summed E-state index contributed by atoms with van der Waals surface area (Å²) in [7, 11) is 0. The number of aryl methyl sites for hydroxylation is 2. The summed E-state index contributed by atoms with van der Waals surface area (Å²) in [5.41, 5.74) is 3.69. The molecule has 142 valence electrons. The van der Waals surface area contributed by atoms with Gasteiger partial charge in [0, 0.05) is 26.2 Å². The van der Waals surface area contributed by atoms with E-state index in [4.69, 9.17) is 16.6 Å². The highest BCUT2D eigenvalue weighted by Gasteiger charge is 2.32. The number of halogens is 1. The molecule has 1 aromatic carbocycles. The van der Waals surface area contributed by atoms with Crippen molar-refractivity contribution in [3.8, 4) is 5.00 Å². The predicted octanol–water partition coefficient (Wildman–Crippen LogP) is 4.48. The molecule has 9 heteroatoms. The molecule has 28 heavy (non-hydrogen) atoms. The Labute approximate surface area is 170 Å². The van der Waals surface area contributed by atoms with Crippen LogP contribution in [0.15, 0.2) is 34.4 Å². The number of rotatable bonds is 3. The first-order chi connectivity index (χ1) is 13.4. The van der Waals surface area contributed by atoms with E-state index in [0.717, 1.165) is 32.3 Å². The molecular formula is C19H16ClN5O2S. The smallest absolute Gasteiger partial charge is 0.272 e. The van der Waals surface area contributed by atoms with E-state index in [-0.39, 0.29) is 6.42 Å². The molecule has 0 fully saturated rings. The predicted molar refractivity (Wildman–Crippen MR) is 109 cm³/mol. The van der Waals surface area contributed by atoms with Gasteiger partial charge in [-0.2, -0.15) is 0 Å². The molecule has 3 aromatic rings. The maximum absolute atomic E-state index is 11.8. The van der Waals surface area contributed by atoms with E-state index in [1.54, 1.807) is 23.5 Å². The van der Waals surface area contributed by atoms with Gasteiger partial charge in [-0.3, -0.25) is 14.4 Å². The van der Waals surface area contributed by atoms with Gasteiger partial charge < -0.3 is 0 Å². The highest BCUT2D eigenvalue weighted by Crippen LogP contribution is 2.39. The average molecular weight is 414 g/mol. The molecule has 4 rings (SSSR count). The zero-order chi connectivity index (χ0) is 20.0. The van der Waals surface area contributed by atoms with E-state index in [2.05, 4.69) is 22.3 Å². The second kappa shape index (κ2) is 7.03. The molecule has 0 unspecified atom stereocenters. The Morgan fingerprint density at radius 1 is 1.21 bits per heavy atom. The van der Waals surface area contributed by atoms with E-state index in [9.17, 15) is 9.70 Å². The van der Waals surface area contributed by atoms with E-state index in [1.807, 2.05) is 30.5 Å². The Morgan fingerprint density at radius 2 is 1.93 bits per heavy atom. The number of carbonyl (C=O) groups excluding carboxylic acids is 1. The molecule has 0 aliphatic carbocycles. The van der Waals surface area contributed by atoms with Crippen molar-refractivity contribution in [1.82, 2.24) is 14.8 Å². The minimum absolute atomic E-state index is 0.161. The molecule has 2 aromatic heterocycles. The summed E-state index contributed by atoms with van der Waals surface area (Å²) in [6, 6.07) is 6.74. The number of aliphatic imine (C=N–C) groups is 1. The second-order valence-electron chi connectivity index (χ2n) is 6.59. The van der Waals surface area contributed by atoms with Crippen LogP contribution in [-0.4, -0.2) is 26.4 Å². The van der Waals surface area contributed by atoms with Crippen molar-refractivity contribution in [2.24, 2.45) is 10.2 Å². The largest absolute Gasteiger partial charge is 0.288 e. The lowest BCUT2D eigenvalue weighted by atomic mass is 9.99. The zero-order valence-electron chi connectivity index (χ0n) is 15.4. The molecule has 1 atom stereocenters. The van der Waals surface area contributed by atoms with E-state index >= 15 is 0 Å². The molecular weight excluding hydrogens is 398 g/mol. The van der Waals surface area contributed by atoms with Gasteiger partial charge in [0.2, 0.25) is 0 Å². The van der Waals surface area contributed by atoms with Gasteiger partial charge in [-0.25, -0.2) is 0 Å². The number of nitroso groups, excluding NO2 is 1. The van der Waals surface area contributed by atoms with Crippen molar-refractivity contribution in [3.05, 3.63) is 67.4 Å². The van der Waals surface area contributed by atoms with Crippen LogP contribution in [0.5, 0.6) is 0 Å². The molecule has 0 saturated carbocycles. The monoisotopic (exact) mass is 413 g/mol. The first kappa shape index (κ1) is 18.6. The molecule has 1 aliphatic rings. The maximum Gasteiger partial charge on any atom is 0.288 e. The first-order valence-corrected chi connectivity index (χ1v) is 9.82. The van der Waals surface area contributed by atoms with Crippen molar-refractivity contribution in [2.75, 3.05) is 0 Å². The molecule has 0 spiro atoms. The quantitative estimate of drug-likeness (QED) is 0.592. The number of benzene rings is 1. The van der Waals surface area contributed by atoms with Crippen LogP contribution in [0, 0.1) is 25.7 Å². The number of amides is 1. The van der Waals surface area contributed by atoms with Crippen LogP contribution < -0.4 is 0 Å². The van der Waals surface area contributed by atoms with Gasteiger partial charge in [0.05, 0.1) is 12.1 Å². The number of aromatic nitrogens is 3. The third-order valence-corrected chi connectivity index (χ3v) is 6.27. The third-order valence-electron chi connectivity index (χ3n) is 4.83. The summed E-state index contributed by atoms with van der Waals surface area (Å²) in [5, 5.41) is 12.6. The highest BCUT2D eigenvalue weighted by molar-refractivity contribution is 7.15. The van der Waals surface area contributed by atoms with E-state index < -0.39 is 11.9 Å². The Balaban J connectivity index is 2.02. The lowest BCUT2D eigenvalue weighted by Crippen LogP contribution is -2.10. The number of hydrogen-bond acceptors (Lipinski definition) is 6. The fourth-order valence-electron chi connectivity index (χ4n) is 3.34. The molecule has 1 amide bonds. The number of nitrogens with zero attached hydrogens (tertiary/aromatic N) is 5. The fraction of sp³-hybridized carbons (Fsp3) is 0.263. The second-order valence-corrected chi connectivity index (χ2v) is 8.23. The summed E-state index contributed by atoms with van der Waals surface area (Å²) in [6.45, 7) is 5.97. The van der Waals surface area contributed by atoms with Gasteiger partial charge >= 0.3 is 0 Å².